The Morgan fingerprint density at radius 2 is 2.21 bits per heavy atom. The van der Waals surface area contributed by atoms with Crippen molar-refractivity contribution < 1.29 is 4.39 Å². The standard InChI is InChI=1S/C15H17BrFNS/c1-2-18-15(8-6-12-4-3-9-19-12)11-5-7-13(16)14(17)10-11/h3-5,7,9-10,15,18H,2,6,8H2,1H3. The van der Waals surface area contributed by atoms with Gasteiger partial charge in [0.2, 0.25) is 0 Å². The van der Waals surface area contributed by atoms with Crippen molar-refractivity contribution in [3.05, 3.63) is 56.4 Å². The molecule has 0 saturated heterocycles. The van der Waals surface area contributed by atoms with Crippen LogP contribution < -0.4 is 5.32 Å². The normalized spacial score (nSPS) is 12.6. The third-order valence-corrected chi connectivity index (χ3v) is 4.64. The first kappa shape index (κ1) is 14.7. The molecule has 1 N–H and O–H groups in total. The summed E-state index contributed by atoms with van der Waals surface area (Å²) in [6, 6.07) is 9.80. The van der Waals surface area contributed by atoms with E-state index in [2.05, 4.69) is 45.7 Å². The van der Waals surface area contributed by atoms with Crippen molar-refractivity contribution in [3.63, 3.8) is 0 Å². The minimum Gasteiger partial charge on any atom is -0.310 e. The van der Waals surface area contributed by atoms with E-state index in [-0.39, 0.29) is 11.9 Å². The molecular weight excluding hydrogens is 325 g/mol. The molecular formula is C15H17BrFNS. The molecule has 0 aliphatic rings. The number of rotatable bonds is 6. The predicted octanol–water partition coefficient (Wildman–Crippen LogP) is 4.93. The Morgan fingerprint density at radius 3 is 2.84 bits per heavy atom. The molecule has 0 spiro atoms. The second-order valence-corrected chi connectivity index (χ2v) is 6.29. The van der Waals surface area contributed by atoms with E-state index >= 15 is 0 Å². The maximum absolute atomic E-state index is 13.6. The molecule has 2 rings (SSSR count). The summed E-state index contributed by atoms with van der Waals surface area (Å²) in [5.41, 5.74) is 1.01. The van der Waals surface area contributed by atoms with Crippen molar-refractivity contribution in [2.45, 2.75) is 25.8 Å². The highest BCUT2D eigenvalue weighted by Crippen LogP contribution is 2.24. The minimum atomic E-state index is -0.198. The van der Waals surface area contributed by atoms with Crippen LogP contribution in [0.15, 0.2) is 40.2 Å². The highest BCUT2D eigenvalue weighted by atomic mass is 79.9. The Morgan fingerprint density at radius 1 is 1.37 bits per heavy atom. The van der Waals surface area contributed by atoms with Gasteiger partial charge in [0.25, 0.3) is 0 Å². The van der Waals surface area contributed by atoms with Gasteiger partial charge < -0.3 is 5.32 Å². The molecule has 1 aromatic heterocycles. The first-order valence-corrected chi connectivity index (χ1v) is 8.08. The Kier molecular flexibility index (Phi) is 5.55. The minimum absolute atomic E-state index is 0.198. The molecule has 1 unspecified atom stereocenters. The maximum atomic E-state index is 13.6. The molecule has 19 heavy (non-hydrogen) atoms. The van der Waals surface area contributed by atoms with Crippen LogP contribution in [-0.2, 0) is 6.42 Å². The van der Waals surface area contributed by atoms with Gasteiger partial charge in [-0.25, -0.2) is 4.39 Å². The summed E-state index contributed by atoms with van der Waals surface area (Å²) in [4.78, 5) is 1.38. The lowest BCUT2D eigenvalue weighted by molar-refractivity contribution is 0.512. The second kappa shape index (κ2) is 7.17. The summed E-state index contributed by atoms with van der Waals surface area (Å²) in [7, 11) is 0. The van der Waals surface area contributed by atoms with Crippen molar-refractivity contribution in [1.29, 1.82) is 0 Å². The number of aryl methyl sites for hydroxylation is 1. The van der Waals surface area contributed by atoms with Crippen molar-refractivity contribution in [1.82, 2.24) is 5.32 Å². The topological polar surface area (TPSA) is 12.0 Å². The zero-order chi connectivity index (χ0) is 13.7. The molecule has 1 aromatic carbocycles. The first-order chi connectivity index (χ1) is 9.20. The SMILES string of the molecule is CCNC(CCc1cccs1)c1ccc(Br)c(F)c1. The van der Waals surface area contributed by atoms with E-state index in [0.29, 0.717) is 4.47 Å². The average molecular weight is 342 g/mol. The van der Waals surface area contributed by atoms with Crippen molar-refractivity contribution >= 4 is 27.3 Å². The Balaban J connectivity index is 2.07. The van der Waals surface area contributed by atoms with Crippen LogP contribution in [0.3, 0.4) is 0 Å². The van der Waals surface area contributed by atoms with Crippen LogP contribution >= 0.6 is 27.3 Å². The van der Waals surface area contributed by atoms with Gasteiger partial charge in [0.05, 0.1) is 4.47 Å². The molecule has 0 saturated carbocycles. The molecule has 102 valence electrons. The lowest BCUT2D eigenvalue weighted by atomic mass is 10.0. The van der Waals surface area contributed by atoms with Crippen LogP contribution in [0, 0.1) is 5.82 Å². The number of benzene rings is 1. The van der Waals surface area contributed by atoms with Crippen molar-refractivity contribution in [3.8, 4) is 0 Å². The number of hydrogen-bond donors (Lipinski definition) is 1. The molecule has 4 heteroatoms. The third kappa shape index (κ3) is 4.13. The fourth-order valence-electron chi connectivity index (χ4n) is 2.10. The van der Waals surface area contributed by atoms with E-state index in [1.165, 1.54) is 4.88 Å². The van der Waals surface area contributed by atoms with Crippen LogP contribution in [0.5, 0.6) is 0 Å². The zero-order valence-electron chi connectivity index (χ0n) is 10.8. The van der Waals surface area contributed by atoms with Gasteiger partial charge in [-0.3, -0.25) is 0 Å². The average Bonchev–Trinajstić information content (AvgIpc) is 2.91. The second-order valence-electron chi connectivity index (χ2n) is 4.40. The van der Waals surface area contributed by atoms with E-state index in [0.717, 1.165) is 24.9 Å². The fourth-order valence-corrected chi connectivity index (χ4v) is 3.07. The number of nitrogens with one attached hydrogen (secondary N) is 1. The van der Waals surface area contributed by atoms with E-state index < -0.39 is 0 Å². The molecule has 2 aromatic rings. The summed E-state index contributed by atoms with van der Waals surface area (Å²) < 4.78 is 14.1. The van der Waals surface area contributed by atoms with Crippen molar-refractivity contribution in [2.24, 2.45) is 0 Å². The lowest BCUT2D eigenvalue weighted by Gasteiger charge is -2.18. The molecule has 1 atom stereocenters. The highest BCUT2D eigenvalue weighted by molar-refractivity contribution is 9.10. The summed E-state index contributed by atoms with van der Waals surface area (Å²) in [5, 5.41) is 5.52. The highest BCUT2D eigenvalue weighted by Gasteiger charge is 2.12. The predicted molar refractivity (Wildman–Crippen MR) is 83.2 cm³/mol. The summed E-state index contributed by atoms with van der Waals surface area (Å²) in [6.07, 6.45) is 2.00. The molecule has 1 nitrogen and oxygen atoms in total. The van der Waals surface area contributed by atoms with E-state index in [9.17, 15) is 4.39 Å². The first-order valence-electron chi connectivity index (χ1n) is 6.41. The molecule has 0 aliphatic heterocycles. The third-order valence-electron chi connectivity index (χ3n) is 3.06. The van der Waals surface area contributed by atoms with Crippen molar-refractivity contribution in [2.75, 3.05) is 6.54 Å². The lowest BCUT2D eigenvalue weighted by Crippen LogP contribution is -2.21. The monoisotopic (exact) mass is 341 g/mol. The number of hydrogen-bond acceptors (Lipinski definition) is 2. The van der Waals surface area contributed by atoms with Gasteiger partial charge >= 0.3 is 0 Å². The van der Waals surface area contributed by atoms with Crippen LogP contribution in [0.25, 0.3) is 0 Å². The van der Waals surface area contributed by atoms with Gasteiger partial charge in [-0.2, -0.15) is 0 Å². The maximum Gasteiger partial charge on any atom is 0.137 e. The van der Waals surface area contributed by atoms with E-state index in [4.69, 9.17) is 0 Å². The summed E-state index contributed by atoms with van der Waals surface area (Å²) in [5.74, 6) is -0.198. The van der Waals surface area contributed by atoms with Crippen LogP contribution in [0.4, 0.5) is 4.39 Å². The van der Waals surface area contributed by atoms with E-state index in [1.807, 2.05) is 6.07 Å². The molecule has 0 fully saturated rings. The zero-order valence-corrected chi connectivity index (χ0v) is 13.2. The molecule has 0 bridgehead atoms. The Labute approximate surface area is 126 Å². The number of thiophene rings is 1. The van der Waals surface area contributed by atoms with Crippen LogP contribution in [0.1, 0.15) is 29.8 Å². The largest absolute Gasteiger partial charge is 0.310 e. The quantitative estimate of drug-likeness (QED) is 0.785. The summed E-state index contributed by atoms with van der Waals surface area (Å²) >= 11 is 4.97. The van der Waals surface area contributed by atoms with Crippen LogP contribution in [0.2, 0.25) is 0 Å². The molecule has 0 amide bonds. The van der Waals surface area contributed by atoms with Gasteiger partial charge in [-0.15, -0.1) is 11.3 Å². The van der Waals surface area contributed by atoms with Gasteiger partial charge in [-0.05, 0) is 64.5 Å². The molecule has 0 radical (unpaired) electrons. The van der Waals surface area contributed by atoms with Crippen LogP contribution in [-0.4, -0.2) is 6.54 Å². The van der Waals surface area contributed by atoms with E-state index in [1.54, 1.807) is 23.5 Å². The Hall–Kier alpha value is -0.710. The molecule has 0 aliphatic carbocycles. The Bertz CT molecular complexity index is 513. The van der Waals surface area contributed by atoms with Gasteiger partial charge in [0, 0.05) is 10.9 Å². The smallest absolute Gasteiger partial charge is 0.137 e. The fraction of sp³-hybridized carbons (Fsp3) is 0.333. The van der Waals surface area contributed by atoms with Gasteiger partial charge in [0.1, 0.15) is 5.82 Å². The number of halogens is 2. The van der Waals surface area contributed by atoms with Gasteiger partial charge in [-0.1, -0.05) is 19.1 Å². The molecule has 1 heterocycles. The summed E-state index contributed by atoms with van der Waals surface area (Å²) in [6.45, 7) is 2.96. The van der Waals surface area contributed by atoms with Gasteiger partial charge in [0.15, 0.2) is 0 Å².